The molecule has 0 N–H and O–H groups in total. The van der Waals surface area contributed by atoms with Crippen molar-refractivity contribution in [1.29, 1.82) is 0 Å². The molecule has 6 nitrogen and oxygen atoms in total. The average molecular weight is 308 g/mol. The number of hydrogen-bond acceptors (Lipinski definition) is 6. The van der Waals surface area contributed by atoms with E-state index >= 15 is 0 Å². The Morgan fingerprint density at radius 2 is 1.73 bits per heavy atom. The second-order valence-corrected chi connectivity index (χ2v) is 4.69. The highest BCUT2D eigenvalue weighted by Crippen LogP contribution is 2.28. The first-order chi connectivity index (χ1) is 10.5. The van der Waals surface area contributed by atoms with Crippen molar-refractivity contribution < 1.29 is 28.6 Å². The zero-order chi connectivity index (χ0) is 16.5. The van der Waals surface area contributed by atoms with Crippen LogP contribution in [0, 0.1) is 0 Å². The van der Waals surface area contributed by atoms with Gasteiger partial charge in [0, 0.05) is 19.8 Å². The zero-order valence-electron chi connectivity index (χ0n) is 13.0. The van der Waals surface area contributed by atoms with Gasteiger partial charge >= 0.3 is 11.9 Å². The molecule has 6 heteroatoms. The molecule has 0 spiro atoms. The van der Waals surface area contributed by atoms with Gasteiger partial charge in [0.1, 0.15) is 5.78 Å². The van der Waals surface area contributed by atoms with Gasteiger partial charge in [-0.25, -0.2) is 0 Å². The lowest BCUT2D eigenvalue weighted by Gasteiger charge is -2.10. The Morgan fingerprint density at radius 3 is 2.32 bits per heavy atom. The minimum Gasteiger partial charge on any atom is -0.493 e. The molecule has 0 saturated heterocycles. The monoisotopic (exact) mass is 308 g/mol. The van der Waals surface area contributed by atoms with Gasteiger partial charge in [0.2, 0.25) is 0 Å². The van der Waals surface area contributed by atoms with E-state index in [9.17, 15) is 14.4 Å². The third-order valence-electron chi connectivity index (χ3n) is 3.01. The van der Waals surface area contributed by atoms with E-state index in [4.69, 9.17) is 9.47 Å². The van der Waals surface area contributed by atoms with Crippen molar-refractivity contribution in [2.24, 2.45) is 0 Å². The van der Waals surface area contributed by atoms with E-state index < -0.39 is 5.97 Å². The van der Waals surface area contributed by atoms with E-state index in [1.54, 1.807) is 18.2 Å². The molecular formula is C16H20O6. The average Bonchev–Trinajstić information content (AvgIpc) is 2.50. The van der Waals surface area contributed by atoms with Gasteiger partial charge in [-0.1, -0.05) is 6.07 Å². The van der Waals surface area contributed by atoms with Crippen molar-refractivity contribution in [3.8, 4) is 11.5 Å². The highest BCUT2D eigenvalue weighted by atomic mass is 16.6. The highest BCUT2D eigenvalue weighted by Gasteiger charge is 2.10. The number of esters is 2. The Kier molecular flexibility index (Phi) is 7.08. The van der Waals surface area contributed by atoms with Crippen LogP contribution in [0.5, 0.6) is 11.5 Å². The number of rotatable bonds is 8. The fourth-order valence-corrected chi connectivity index (χ4v) is 1.86. The molecule has 0 aliphatic heterocycles. The Hall–Kier alpha value is -2.37. The van der Waals surface area contributed by atoms with Crippen molar-refractivity contribution >= 4 is 17.7 Å². The SMILES string of the molecule is COC(=O)CCC(=O)CCc1ccc(OC(C)=O)c(OC)c1. The normalized spacial score (nSPS) is 9.95. The van der Waals surface area contributed by atoms with E-state index in [2.05, 4.69) is 4.74 Å². The largest absolute Gasteiger partial charge is 0.493 e. The van der Waals surface area contributed by atoms with Crippen LogP contribution in [-0.4, -0.2) is 31.9 Å². The molecule has 0 saturated carbocycles. The lowest BCUT2D eigenvalue weighted by atomic mass is 10.0. The van der Waals surface area contributed by atoms with Gasteiger partial charge in [0.25, 0.3) is 0 Å². The first-order valence-corrected chi connectivity index (χ1v) is 6.90. The topological polar surface area (TPSA) is 78.9 Å². The van der Waals surface area contributed by atoms with Crippen molar-refractivity contribution in [2.75, 3.05) is 14.2 Å². The first-order valence-electron chi connectivity index (χ1n) is 6.90. The highest BCUT2D eigenvalue weighted by molar-refractivity contribution is 5.83. The summed E-state index contributed by atoms with van der Waals surface area (Å²) in [4.78, 5) is 33.6. The van der Waals surface area contributed by atoms with Crippen LogP contribution in [0.25, 0.3) is 0 Å². The summed E-state index contributed by atoms with van der Waals surface area (Å²) in [5, 5.41) is 0. The number of Topliss-reactive ketones (excluding diaryl/α,β-unsaturated/α-hetero) is 1. The number of aryl methyl sites for hydroxylation is 1. The molecule has 22 heavy (non-hydrogen) atoms. The van der Waals surface area contributed by atoms with Crippen LogP contribution >= 0.6 is 0 Å². The van der Waals surface area contributed by atoms with Crippen molar-refractivity contribution in [1.82, 2.24) is 0 Å². The molecule has 0 fully saturated rings. The van der Waals surface area contributed by atoms with Crippen molar-refractivity contribution in [3.05, 3.63) is 23.8 Å². The lowest BCUT2D eigenvalue weighted by Crippen LogP contribution is -2.07. The molecule has 0 heterocycles. The molecule has 0 aliphatic carbocycles. The van der Waals surface area contributed by atoms with Crippen LogP contribution in [0.2, 0.25) is 0 Å². The van der Waals surface area contributed by atoms with Crippen molar-refractivity contribution in [3.63, 3.8) is 0 Å². The third-order valence-corrected chi connectivity index (χ3v) is 3.01. The molecule has 0 radical (unpaired) electrons. The second kappa shape index (κ2) is 8.81. The summed E-state index contributed by atoms with van der Waals surface area (Å²) in [6.07, 6.45) is 1.13. The number of carbonyl (C=O) groups excluding carboxylic acids is 3. The zero-order valence-corrected chi connectivity index (χ0v) is 13.0. The summed E-state index contributed by atoms with van der Waals surface area (Å²) in [7, 11) is 2.78. The third kappa shape index (κ3) is 5.95. The molecule has 1 aromatic carbocycles. The Morgan fingerprint density at radius 1 is 1.00 bits per heavy atom. The van der Waals surface area contributed by atoms with Gasteiger partial charge in [-0.2, -0.15) is 0 Å². The number of benzene rings is 1. The van der Waals surface area contributed by atoms with E-state index in [0.717, 1.165) is 5.56 Å². The fourth-order valence-electron chi connectivity index (χ4n) is 1.86. The Balaban J connectivity index is 2.57. The van der Waals surface area contributed by atoms with Crippen LogP contribution < -0.4 is 9.47 Å². The summed E-state index contributed by atoms with van der Waals surface area (Å²) < 4.78 is 14.7. The summed E-state index contributed by atoms with van der Waals surface area (Å²) in [5.41, 5.74) is 0.888. The van der Waals surface area contributed by atoms with E-state index in [1.165, 1.54) is 21.1 Å². The Labute approximate surface area is 129 Å². The molecule has 0 atom stereocenters. The van der Waals surface area contributed by atoms with Crippen LogP contribution in [-0.2, 0) is 25.5 Å². The van der Waals surface area contributed by atoms with Crippen LogP contribution in [0.1, 0.15) is 31.7 Å². The molecule has 0 aromatic heterocycles. The van der Waals surface area contributed by atoms with Gasteiger partial charge in [0.05, 0.1) is 20.6 Å². The molecule has 0 aliphatic rings. The van der Waals surface area contributed by atoms with Gasteiger partial charge in [0.15, 0.2) is 11.5 Å². The van der Waals surface area contributed by atoms with Crippen molar-refractivity contribution in [2.45, 2.75) is 32.6 Å². The van der Waals surface area contributed by atoms with Crippen LogP contribution in [0.15, 0.2) is 18.2 Å². The molecule has 1 rings (SSSR count). The minimum absolute atomic E-state index is 0.00608. The maximum Gasteiger partial charge on any atom is 0.308 e. The smallest absolute Gasteiger partial charge is 0.308 e. The van der Waals surface area contributed by atoms with Gasteiger partial charge < -0.3 is 14.2 Å². The van der Waals surface area contributed by atoms with E-state index in [0.29, 0.717) is 24.3 Å². The summed E-state index contributed by atoms with van der Waals surface area (Å²) in [5.74, 6) is -0.0382. The van der Waals surface area contributed by atoms with E-state index in [-0.39, 0.29) is 24.6 Å². The van der Waals surface area contributed by atoms with Gasteiger partial charge in [-0.05, 0) is 24.1 Å². The maximum atomic E-state index is 11.7. The van der Waals surface area contributed by atoms with Gasteiger partial charge in [-0.3, -0.25) is 14.4 Å². The lowest BCUT2D eigenvalue weighted by molar-refractivity contribution is -0.142. The number of methoxy groups -OCH3 is 2. The summed E-state index contributed by atoms with van der Waals surface area (Å²) in [6.45, 7) is 1.31. The predicted octanol–water partition coefficient (Wildman–Crippen LogP) is 2.08. The molecule has 1 aromatic rings. The molecular weight excluding hydrogens is 288 g/mol. The summed E-state index contributed by atoms with van der Waals surface area (Å²) >= 11 is 0. The quantitative estimate of drug-likeness (QED) is 0.540. The molecule has 0 unspecified atom stereocenters. The van der Waals surface area contributed by atoms with E-state index in [1.807, 2.05) is 0 Å². The Bertz CT molecular complexity index is 550. The number of hydrogen-bond donors (Lipinski definition) is 0. The molecule has 0 bridgehead atoms. The minimum atomic E-state index is -0.427. The van der Waals surface area contributed by atoms with Crippen LogP contribution in [0.3, 0.4) is 0 Å². The maximum absolute atomic E-state index is 11.7. The van der Waals surface area contributed by atoms with Gasteiger partial charge in [-0.15, -0.1) is 0 Å². The standard InChI is InChI=1S/C16H20O6/c1-11(17)22-14-8-5-12(10-15(14)20-2)4-6-13(18)7-9-16(19)21-3/h5,8,10H,4,6-7,9H2,1-3H3. The first kappa shape index (κ1) is 17.7. The number of ketones is 1. The molecule has 0 amide bonds. The molecule has 120 valence electrons. The fraction of sp³-hybridized carbons (Fsp3) is 0.438. The van der Waals surface area contributed by atoms with Crippen LogP contribution in [0.4, 0.5) is 0 Å². The number of ether oxygens (including phenoxy) is 3. The second-order valence-electron chi connectivity index (χ2n) is 4.69. The summed E-state index contributed by atoms with van der Waals surface area (Å²) in [6, 6.07) is 5.13. The predicted molar refractivity (Wildman–Crippen MR) is 78.9 cm³/mol. The number of carbonyl (C=O) groups is 3.